The van der Waals surface area contributed by atoms with E-state index in [-0.39, 0.29) is 12.7 Å². The molecule has 0 bridgehead atoms. The number of benzene rings is 3. The highest BCUT2D eigenvalue weighted by molar-refractivity contribution is 9.10. The number of aromatic nitrogens is 1. The van der Waals surface area contributed by atoms with Crippen LogP contribution in [0.5, 0.6) is 11.5 Å². The lowest BCUT2D eigenvalue weighted by molar-refractivity contribution is 0.0629. The van der Waals surface area contributed by atoms with E-state index in [4.69, 9.17) is 13.9 Å². The smallest absolute Gasteiger partial charge is 0.254 e. The highest BCUT2D eigenvalue weighted by Crippen LogP contribution is 2.33. The van der Waals surface area contributed by atoms with E-state index in [2.05, 4.69) is 31.9 Å². The van der Waals surface area contributed by atoms with Gasteiger partial charge in [-0.15, -0.1) is 0 Å². The third kappa shape index (κ3) is 4.62. The summed E-state index contributed by atoms with van der Waals surface area (Å²) in [5.41, 5.74) is 3.40. The van der Waals surface area contributed by atoms with Crippen molar-refractivity contribution >= 4 is 21.8 Å². The number of rotatable bonds is 5. The molecule has 6 rings (SSSR count). The highest BCUT2D eigenvalue weighted by atomic mass is 79.9. The van der Waals surface area contributed by atoms with Gasteiger partial charge in [0.05, 0.1) is 11.8 Å². The number of carbonyl (C=O) groups excluding carboxylic acids is 1. The van der Waals surface area contributed by atoms with Gasteiger partial charge < -0.3 is 18.8 Å². The number of amides is 1. The van der Waals surface area contributed by atoms with Crippen molar-refractivity contribution in [2.24, 2.45) is 0 Å². The lowest BCUT2D eigenvalue weighted by Gasteiger charge is -2.35. The molecule has 8 heteroatoms. The second kappa shape index (κ2) is 9.79. The second-order valence-electron chi connectivity index (χ2n) is 8.84. The summed E-state index contributed by atoms with van der Waals surface area (Å²) in [5, 5.41) is 0. The Balaban J connectivity index is 1.14. The standard InChI is InChI=1S/C28H24BrN3O4/c29-21-5-3-4-20(15-21)26-16-30-27(36-26)22-6-1-2-7-23(22)28(33)32-12-10-31(11-13-32)17-19-8-9-24-25(14-19)35-18-34-24/h1-9,14-16H,10-13,17-18H2. The molecule has 0 radical (unpaired) electrons. The van der Waals surface area contributed by atoms with Crippen LogP contribution in [-0.2, 0) is 6.54 Å². The van der Waals surface area contributed by atoms with Crippen molar-refractivity contribution in [3.63, 3.8) is 0 Å². The van der Waals surface area contributed by atoms with Crippen LogP contribution in [0.2, 0.25) is 0 Å². The van der Waals surface area contributed by atoms with Crippen LogP contribution in [0.25, 0.3) is 22.8 Å². The fourth-order valence-electron chi connectivity index (χ4n) is 4.61. The average Bonchev–Trinajstić information content (AvgIpc) is 3.59. The maximum absolute atomic E-state index is 13.5. The van der Waals surface area contributed by atoms with Crippen LogP contribution in [0.1, 0.15) is 15.9 Å². The maximum atomic E-state index is 13.5. The molecular formula is C28H24BrN3O4. The van der Waals surface area contributed by atoms with Crippen molar-refractivity contribution in [3.05, 3.63) is 88.5 Å². The number of halogens is 1. The molecular weight excluding hydrogens is 522 g/mol. The summed E-state index contributed by atoms with van der Waals surface area (Å²) in [4.78, 5) is 22.3. The summed E-state index contributed by atoms with van der Waals surface area (Å²) >= 11 is 3.49. The van der Waals surface area contributed by atoms with E-state index in [1.165, 1.54) is 5.56 Å². The zero-order chi connectivity index (χ0) is 24.5. The Bertz CT molecular complexity index is 1410. The van der Waals surface area contributed by atoms with Gasteiger partial charge in [0.15, 0.2) is 17.3 Å². The van der Waals surface area contributed by atoms with Crippen LogP contribution in [0.15, 0.2) is 81.8 Å². The Morgan fingerprint density at radius 1 is 0.917 bits per heavy atom. The normalized spacial score (nSPS) is 15.3. The van der Waals surface area contributed by atoms with Crippen LogP contribution in [-0.4, -0.2) is 53.7 Å². The van der Waals surface area contributed by atoms with Gasteiger partial charge >= 0.3 is 0 Å². The first-order valence-electron chi connectivity index (χ1n) is 11.9. The molecule has 36 heavy (non-hydrogen) atoms. The van der Waals surface area contributed by atoms with Gasteiger partial charge in [-0.3, -0.25) is 9.69 Å². The first-order valence-corrected chi connectivity index (χ1v) is 12.6. The Morgan fingerprint density at radius 3 is 2.61 bits per heavy atom. The van der Waals surface area contributed by atoms with Crippen molar-refractivity contribution in [1.29, 1.82) is 0 Å². The van der Waals surface area contributed by atoms with E-state index < -0.39 is 0 Å². The quantitative estimate of drug-likeness (QED) is 0.332. The maximum Gasteiger partial charge on any atom is 0.254 e. The van der Waals surface area contributed by atoms with Gasteiger partial charge in [0, 0.05) is 48.3 Å². The minimum absolute atomic E-state index is 0.00413. The van der Waals surface area contributed by atoms with Crippen LogP contribution in [0.3, 0.4) is 0 Å². The molecule has 1 fully saturated rings. The lowest BCUT2D eigenvalue weighted by atomic mass is 10.1. The molecule has 0 spiro atoms. The summed E-state index contributed by atoms with van der Waals surface area (Å²) in [6.45, 7) is 4.01. The topological polar surface area (TPSA) is 68.0 Å². The summed E-state index contributed by atoms with van der Waals surface area (Å²) in [7, 11) is 0. The first kappa shape index (κ1) is 22.8. The molecule has 0 unspecified atom stereocenters. The minimum Gasteiger partial charge on any atom is -0.454 e. The molecule has 1 aromatic heterocycles. The average molecular weight is 546 g/mol. The van der Waals surface area contributed by atoms with Crippen molar-refractivity contribution in [2.75, 3.05) is 33.0 Å². The molecule has 0 atom stereocenters. The zero-order valence-corrected chi connectivity index (χ0v) is 21.1. The van der Waals surface area contributed by atoms with Gasteiger partial charge in [-0.1, -0.05) is 46.3 Å². The third-order valence-corrected chi connectivity index (χ3v) is 7.00. The number of piperazine rings is 1. The molecule has 7 nitrogen and oxygen atoms in total. The molecule has 3 heterocycles. The van der Waals surface area contributed by atoms with Gasteiger partial charge in [0.2, 0.25) is 12.7 Å². The van der Waals surface area contributed by atoms with Gasteiger partial charge in [-0.05, 0) is 42.0 Å². The number of nitrogens with zero attached hydrogens (tertiary/aromatic N) is 3. The van der Waals surface area contributed by atoms with Gasteiger partial charge in [-0.2, -0.15) is 0 Å². The van der Waals surface area contributed by atoms with Crippen molar-refractivity contribution in [1.82, 2.24) is 14.8 Å². The molecule has 0 N–H and O–H groups in total. The number of ether oxygens (including phenoxy) is 2. The summed E-state index contributed by atoms with van der Waals surface area (Å²) in [5.74, 6) is 2.69. The van der Waals surface area contributed by atoms with Gasteiger partial charge in [0.1, 0.15) is 0 Å². The Labute approximate surface area is 217 Å². The molecule has 1 amide bonds. The van der Waals surface area contributed by atoms with E-state index in [1.807, 2.05) is 65.6 Å². The highest BCUT2D eigenvalue weighted by Gasteiger charge is 2.26. The molecule has 2 aliphatic rings. The largest absolute Gasteiger partial charge is 0.454 e. The zero-order valence-electron chi connectivity index (χ0n) is 19.5. The number of hydrogen-bond donors (Lipinski definition) is 0. The summed E-state index contributed by atoms with van der Waals surface area (Å²) < 4.78 is 17.9. The molecule has 1 saturated heterocycles. The summed E-state index contributed by atoms with van der Waals surface area (Å²) in [6, 6.07) is 21.4. The van der Waals surface area contributed by atoms with Gasteiger partial charge in [-0.25, -0.2) is 4.98 Å². The van der Waals surface area contributed by atoms with E-state index in [0.717, 1.165) is 41.2 Å². The second-order valence-corrected chi connectivity index (χ2v) is 9.76. The van der Waals surface area contributed by atoms with Crippen LogP contribution in [0, 0.1) is 0 Å². The SMILES string of the molecule is O=C(c1ccccc1-c1ncc(-c2cccc(Br)c2)o1)N1CCN(Cc2ccc3c(c2)OCO3)CC1. The summed E-state index contributed by atoms with van der Waals surface area (Å²) in [6.07, 6.45) is 1.70. The monoisotopic (exact) mass is 545 g/mol. The molecule has 3 aromatic carbocycles. The number of hydrogen-bond acceptors (Lipinski definition) is 6. The molecule has 0 aliphatic carbocycles. The van der Waals surface area contributed by atoms with Crippen molar-refractivity contribution in [3.8, 4) is 34.3 Å². The Morgan fingerprint density at radius 2 is 1.75 bits per heavy atom. The lowest BCUT2D eigenvalue weighted by Crippen LogP contribution is -2.48. The predicted molar refractivity (Wildman–Crippen MR) is 139 cm³/mol. The van der Waals surface area contributed by atoms with Crippen molar-refractivity contribution < 1.29 is 18.7 Å². The van der Waals surface area contributed by atoms with Crippen LogP contribution in [0.4, 0.5) is 0 Å². The van der Waals surface area contributed by atoms with E-state index in [9.17, 15) is 4.79 Å². The van der Waals surface area contributed by atoms with E-state index in [0.29, 0.717) is 35.9 Å². The molecule has 0 saturated carbocycles. The molecule has 4 aromatic rings. The number of carbonyl (C=O) groups is 1. The molecule has 182 valence electrons. The fourth-order valence-corrected chi connectivity index (χ4v) is 5.01. The van der Waals surface area contributed by atoms with Crippen LogP contribution >= 0.6 is 15.9 Å². The third-order valence-electron chi connectivity index (χ3n) is 6.51. The fraction of sp³-hybridized carbons (Fsp3) is 0.214. The minimum atomic E-state index is -0.00413. The van der Waals surface area contributed by atoms with Crippen molar-refractivity contribution in [2.45, 2.75) is 6.54 Å². The Kier molecular flexibility index (Phi) is 6.21. The van der Waals surface area contributed by atoms with Crippen LogP contribution < -0.4 is 9.47 Å². The van der Waals surface area contributed by atoms with E-state index in [1.54, 1.807) is 6.20 Å². The van der Waals surface area contributed by atoms with Gasteiger partial charge in [0.25, 0.3) is 5.91 Å². The van der Waals surface area contributed by atoms with E-state index >= 15 is 0 Å². The Hall–Kier alpha value is -3.62. The predicted octanol–water partition coefficient (Wildman–Crippen LogP) is 5.46. The number of fused-ring (bicyclic) bond motifs is 1. The number of oxazole rings is 1. The first-order chi connectivity index (χ1) is 17.6. The molecule has 2 aliphatic heterocycles.